The lowest BCUT2D eigenvalue weighted by atomic mass is 9.41. The van der Waals surface area contributed by atoms with Crippen molar-refractivity contribution in [1.82, 2.24) is 0 Å². The van der Waals surface area contributed by atoms with Crippen molar-refractivity contribution in [2.45, 2.75) is 87.8 Å². The van der Waals surface area contributed by atoms with Gasteiger partial charge in [-0.2, -0.15) is 0 Å². The highest BCUT2D eigenvalue weighted by Gasteiger charge is 2.59. The number of benzene rings is 2. The zero-order valence-corrected chi connectivity index (χ0v) is 20.5. The van der Waals surface area contributed by atoms with E-state index in [1.54, 1.807) is 5.56 Å². The van der Waals surface area contributed by atoms with Crippen LogP contribution in [-0.2, 0) is 21.6 Å². The summed E-state index contributed by atoms with van der Waals surface area (Å²) in [6, 6.07) is 14.0. The van der Waals surface area contributed by atoms with Crippen molar-refractivity contribution in [1.29, 1.82) is 0 Å². The number of aryl methyl sites for hydroxylation is 1. The van der Waals surface area contributed by atoms with Crippen LogP contribution in [0, 0.1) is 18.8 Å². The third kappa shape index (κ3) is 3.17. The van der Waals surface area contributed by atoms with Gasteiger partial charge in [0.05, 0.1) is 0 Å². The van der Waals surface area contributed by atoms with Gasteiger partial charge < -0.3 is 5.11 Å². The second-order valence-electron chi connectivity index (χ2n) is 11.8. The van der Waals surface area contributed by atoms with Crippen LogP contribution >= 0.6 is 15.9 Å². The molecule has 0 spiro atoms. The van der Waals surface area contributed by atoms with Gasteiger partial charge in [-0.15, -0.1) is 0 Å². The second kappa shape index (κ2) is 6.86. The van der Waals surface area contributed by atoms with Crippen LogP contribution in [0.15, 0.2) is 36.4 Å². The molecule has 6 rings (SSSR count). The minimum absolute atomic E-state index is 0.0797. The van der Waals surface area contributed by atoms with Gasteiger partial charge in [0.25, 0.3) is 0 Å². The third-order valence-corrected chi connectivity index (χ3v) is 9.10. The average molecular weight is 467 g/mol. The van der Waals surface area contributed by atoms with Crippen molar-refractivity contribution >= 4 is 15.9 Å². The van der Waals surface area contributed by atoms with E-state index >= 15 is 0 Å². The summed E-state index contributed by atoms with van der Waals surface area (Å²) < 4.78 is 0. The van der Waals surface area contributed by atoms with Crippen molar-refractivity contribution in [2.75, 3.05) is 0 Å². The zero-order chi connectivity index (χ0) is 21.3. The fourth-order valence-corrected chi connectivity index (χ4v) is 7.88. The molecule has 0 saturated heterocycles. The predicted molar refractivity (Wildman–Crippen MR) is 129 cm³/mol. The molecule has 4 bridgehead atoms. The van der Waals surface area contributed by atoms with Crippen LogP contribution in [0.3, 0.4) is 0 Å². The van der Waals surface area contributed by atoms with E-state index in [9.17, 15) is 5.11 Å². The summed E-state index contributed by atoms with van der Waals surface area (Å²) in [7, 11) is 0. The molecule has 0 radical (unpaired) electrons. The molecule has 4 aliphatic carbocycles. The minimum Gasteiger partial charge on any atom is -0.507 e. The Bertz CT molecular complexity index is 951. The molecular weight excluding hydrogens is 432 g/mol. The molecule has 0 amide bonds. The van der Waals surface area contributed by atoms with Crippen LogP contribution in [0.4, 0.5) is 0 Å². The fraction of sp³-hybridized carbons (Fsp3) is 0.571. The lowest BCUT2D eigenvalue weighted by Gasteiger charge is -2.63. The van der Waals surface area contributed by atoms with Crippen LogP contribution in [-0.4, -0.2) is 5.11 Å². The van der Waals surface area contributed by atoms with Crippen LogP contribution < -0.4 is 0 Å². The van der Waals surface area contributed by atoms with Crippen molar-refractivity contribution in [3.05, 3.63) is 64.2 Å². The van der Waals surface area contributed by atoms with Crippen molar-refractivity contribution < 1.29 is 5.11 Å². The van der Waals surface area contributed by atoms with Crippen LogP contribution in [0.2, 0.25) is 0 Å². The minimum atomic E-state index is 0.0797. The number of hydrogen-bond donors (Lipinski definition) is 1. The van der Waals surface area contributed by atoms with Gasteiger partial charge in [-0.05, 0) is 79.2 Å². The Morgan fingerprint density at radius 1 is 0.967 bits per heavy atom. The van der Waals surface area contributed by atoms with Crippen molar-refractivity contribution in [2.24, 2.45) is 11.8 Å². The molecule has 2 unspecified atom stereocenters. The standard InChI is InChI=1S/C28H35BrO/c1-18-5-7-22(8-6-18)27-12-19-9-20(13-27)15-28(14-19,17-27)24-11-23(26(2,3)4)10-21(16-29)25(24)30/h5-8,10-11,19-20,30H,9,12-17H2,1-4H3. The molecule has 0 aromatic heterocycles. The molecule has 1 N–H and O–H groups in total. The Morgan fingerprint density at radius 3 is 2.13 bits per heavy atom. The monoisotopic (exact) mass is 466 g/mol. The molecule has 2 aromatic rings. The number of alkyl halides is 1. The van der Waals surface area contributed by atoms with Gasteiger partial charge in [-0.25, -0.2) is 0 Å². The lowest BCUT2D eigenvalue weighted by Crippen LogP contribution is -2.56. The number of rotatable bonds is 3. The van der Waals surface area contributed by atoms with E-state index in [2.05, 4.69) is 80.0 Å². The Balaban J connectivity index is 1.66. The van der Waals surface area contributed by atoms with Gasteiger partial charge in [-0.1, -0.05) is 78.7 Å². The Morgan fingerprint density at radius 2 is 1.57 bits per heavy atom. The molecular formula is C28H35BrO. The summed E-state index contributed by atoms with van der Waals surface area (Å²) in [6.45, 7) is 9.04. The predicted octanol–water partition coefficient (Wildman–Crippen LogP) is 7.68. The first kappa shape index (κ1) is 20.6. The molecule has 160 valence electrons. The summed E-state index contributed by atoms with van der Waals surface area (Å²) in [5.41, 5.74) is 7.02. The first-order chi connectivity index (χ1) is 14.1. The van der Waals surface area contributed by atoms with Crippen molar-refractivity contribution in [3.63, 3.8) is 0 Å². The molecule has 1 nitrogen and oxygen atoms in total. The van der Waals surface area contributed by atoms with Crippen LogP contribution in [0.5, 0.6) is 5.75 Å². The van der Waals surface area contributed by atoms with E-state index in [1.165, 1.54) is 55.2 Å². The van der Waals surface area contributed by atoms with Gasteiger partial charge in [0, 0.05) is 21.9 Å². The molecule has 2 atom stereocenters. The van der Waals surface area contributed by atoms with Crippen molar-refractivity contribution in [3.8, 4) is 5.75 Å². The molecule has 2 heteroatoms. The van der Waals surface area contributed by atoms with Gasteiger partial charge in [-0.3, -0.25) is 0 Å². The van der Waals surface area contributed by atoms with Gasteiger partial charge in [0.1, 0.15) is 5.75 Å². The molecule has 2 aromatic carbocycles. The third-order valence-electron chi connectivity index (χ3n) is 8.50. The quantitative estimate of drug-likeness (QED) is 0.459. The van der Waals surface area contributed by atoms with Crippen LogP contribution in [0.1, 0.15) is 87.1 Å². The fourth-order valence-electron chi connectivity index (χ4n) is 7.46. The first-order valence-electron chi connectivity index (χ1n) is 11.6. The van der Waals surface area contributed by atoms with E-state index in [0.717, 1.165) is 17.4 Å². The number of halogens is 1. The smallest absolute Gasteiger partial charge is 0.123 e. The maximum absolute atomic E-state index is 11.4. The van der Waals surface area contributed by atoms with Gasteiger partial charge >= 0.3 is 0 Å². The second-order valence-corrected chi connectivity index (χ2v) is 12.4. The molecule has 4 aliphatic rings. The number of phenols is 1. The van der Waals surface area contributed by atoms with E-state index < -0.39 is 0 Å². The number of phenolic OH excluding ortho intramolecular Hbond substituents is 1. The lowest BCUT2D eigenvalue weighted by molar-refractivity contribution is -0.0290. The van der Waals surface area contributed by atoms with E-state index in [1.807, 2.05) is 0 Å². The van der Waals surface area contributed by atoms with E-state index in [0.29, 0.717) is 11.1 Å². The highest BCUT2D eigenvalue weighted by Crippen LogP contribution is 2.67. The normalized spacial score (nSPS) is 32.6. The van der Waals surface area contributed by atoms with Crippen LogP contribution in [0.25, 0.3) is 0 Å². The molecule has 30 heavy (non-hydrogen) atoms. The number of hydrogen-bond acceptors (Lipinski definition) is 1. The molecule has 4 fully saturated rings. The molecule has 0 heterocycles. The maximum atomic E-state index is 11.4. The largest absolute Gasteiger partial charge is 0.507 e. The Labute approximate surface area is 190 Å². The summed E-state index contributed by atoms with van der Waals surface area (Å²) in [5, 5.41) is 12.1. The first-order valence-corrected chi connectivity index (χ1v) is 12.8. The van der Waals surface area contributed by atoms with E-state index in [-0.39, 0.29) is 16.2 Å². The zero-order valence-electron chi connectivity index (χ0n) is 18.9. The topological polar surface area (TPSA) is 20.2 Å². The summed E-state index contributed by atoms with van der Waals surface area (Å²) in [4.78, 5) is 0. The van der Waals surface area contributed by atoms with Gasteiger partial charge in [0.15, 0.2) is 0 Å². The Hall–Kier alpha value is -1.28. The summed E-state index contributed by atoms with van der Waals surface area (Å²) in [5.74, 6) is 2.14. The average Bonchev–Trinajstić information content (AvgIpc) is 2.66. The maximum Gasteiger partial charge on any atom is 0.123 e. The SMILES string of the molecule is Cc1ccc(C23CC4CC(C2)CC(c2cc(C(C)(C)C)cc(CBr)c2O)(C4)C3)cc1. The summed E-state index contributed by atoms with van der Waals surface area (Å²) in [6.07, 6.45) is 7.75. The summed E-state index contributed by atoms with van der Waals surface area (Å²) >= 11 is 3.65. The number of aromatic hydroxyl groups is 1. The van der Waals surface area contributed by atoms with Gasteiger partial charge in [0.2, 0.25) is 0 Å². The molecule has 4 saturated carbocycles. The highest BCUT2D eigenvalue weighted by molar-refractivity contribution is 9.08. The Kier molecular flexibility index (Phi) is 4.71. The highest BCUT2D eigenvalue weighted by atomic mass is 79.9. The molecule has 0 aliphatic heterocycles. The van der Waals surface area contributed by atoms with E-state index in [4.69, 9.17) is 0 Å².